The highest BCUT2D eigenvalue weighted by Gasteiger charge is 2.19. The van der Waals surface area contributed by atoms with Crippen molar-refractivity contribution in [2.45, 2.75) is 0 Å². The van der Waals surface area contributed by atoms with Crippen molar-refractivity contribution < 1.29 is 0 Å². The minimum atomic E-state index is 1.12. The molecule has 3 heteroatoms. The molecule has 0 bridgehead atoms. The predicted octanol–water partition coefficient (Wildman–Crippen LogP) is 14.6. The zero-order valence-corrected chi connectivity index (χ0v) is 29.6. The van der Waals surface area contributed by atoms with Crippen LogP contribution in [0, 0.1) is 0 Å². The number of nitrogens with zero attached hydrogens (tertiary/aromatic N) is 2. The van der Waals surface area contributed by atoms with E-state index in [1.54, 1.807) is 0 Å². The van der Waals surface area contributed by atoms with Gasteiger partial charge in [-0.3, -0.25) is 0 Å². The Morgan fingerprint density at radius 3 is 1.83 bits per heavy atom. The van der Waals surface area contributed by atoms with E-state index in [1.807, 2.05) is 11.3 Å². The number of hydrogen-bond donors (Lipinski definition) is 0. The van der Waals surface area contributed by atoms with E-state index in [0.29, 0.717) is 0 Å². The van der Waals surface area contributed by atoms with Crippen LogP contribution in [0.2, 0.25) is 0 Å². The van der Waals surface area contributed by atoms with Crippen molar-refractivity contribution in [2.24, 2.45) is 0 Å². The Hall–Kier alpha value is -6.68. The van der Waals surface area contributed by atoms with Gasteiger partial charge in [0.15, 0.2) is 0 Å². The normalized spacial score (nSPS) is 11.8. The third kappa shape index (κ3) is 4.78. The van der Waals surface area contributed by atoms with Crippen LogP contribution in [0.25, 0.3) is 80.3 Å². The molecular formula is C50H32N2S. The summed E-state index contributed by atoms with van der Waals surface area (Å²) >= 11 is 1.86. The second-order valence-electron chi connectivity index (χ2n) is 13.7. The van der Waals surface area contributed by atoms with Gasteiger partial charge in [-0.2, -0.15) is 0 Å². The van der Waals surface area contributed by atoms with E-state index >= 15 is 0 Å². The number of rotatable bonds is 5. The van der Waals surface area contributed by atoms with Gasteiger partial charge in [-0.05, 0) is 100 Å². The molecule has 0 fully saturated rings. The number of para-hydroxylation sites is 2. The lowest BCUT2D eigenvalue weighted by molar-refractivity contribution is 1.18. The summed E-state index contributed by atoms with van der Waals surface area (Å²) in [5.41, 5.74) is 9.42. The van der Waals surface area contributed by atoms with Gasteiger partial charge in [-0.25, -0.2) is 0 Å². The van der Waals surface area contributed by atoms with Crippen LogP contribution < -0.4 is 4.90 Å². The molecule has 0 aliphatic heterocycles. The van der Waals surface area contributed by atoms with Crippen molar-refractivity contribution in [1.29, 1.82) is 0 Å². The summed E-state index contributed by atoms with van der Waals surface area (Å²) < 4.78 is 4.99. The van der Waals surface area contributed by atoms with Gasteiger partial charge in [0.25, 0.3) is 0 Å². The molecule has 0 saturated heterocycles. The molecule has 248 valence electrons. The van der Waals surface area contributed by atoms with Crippen molar-refractivity contribution in [3.63, 3.8) is 0 Å². The fourth-order valence-corrected chi connectivity index (χ4v) is 9.40. The highest BCUT2D eigenvalue weighted by atomic mass is 32.1. The highest BCUT2D eigenvalue weighted by Crippen LogP contribution is 2.45. The van der Waals surface area contributed by atoms with Crippen molar-refractivity contribution in [2.75, 3.05) is 4.90 Å². The molecule has 11 rings (SSSR count). The van der Waals surface area contributed by atoms with Crippen LogP contribution in [-0.4, -0.2) is 4.57 Å². The smallest absolute Gasteiger partial charge is 0.0546 e. The van der Waals surface area contributed by atoms with E-state index < -0.39 is 0 Å². The molecular weight excluding hydrogens is 661 g/mol. The summed E-state index contributed by atoms with van der Waals surface area (Å²) in [4.78, 5) is 2.45. The zero-order valence-electron chi connectivity index (χ0n) is 28.8. The molecule has 0 unspecified atom stereocenters. The quantitative estimate of drug-likeness (QED) is 0.163. The van der Waals surface area contributed by atoms with E-state index in [0.717, 1.165) is 11.4 Å². The summed E-state index contributed by atoms with van der Waals surface area (Å²) in [6, 6.07) is 71.0. The molecule has 0 aliphatic carbocycles. The Balaban J connectivity index is 1.09. The minimum absolute atomic E-state index is 1.12. The van der Waals surface area contributed by atoms with Crippen LogP contribution >= 0.6 is 11.3 Å². The molecule has 11 aromatic rings. The van der Waals surface area contributed by atoms with Gasteiger partial charge in [-0.1, -0.05) is 121 Å². The molecule has 0 aliphatic rings. The second-order valence-corrected chi connectivity index (χ2v) is 14.8. The Bertz CT molecular complexity index is 3170. The van der Waals surface area contributed by atoms with Crippen molar-refractivity contribution in [3.05, 3.63) is 194 Å². The van der Waals surface area contributed by atoms with Crippen molar-refractivity contribution >= 4 is 91.9 Å². The first kappa shape index (κ1) is 30.0. The SMILES string of the molecule is c1ccc(-n2c3ccccc3c3cc(-c4ccc(N(c5ccc6sc7ccccc7c6c5)c5cc6ccccc6c6ccccc56)cc4)ccc32)cc1. The van der Waals surface area contributed by atoms with Gasteiger partial charge in [0.05, 0.1) is 16.7 Å². The molecule has 0 N–H and O–H groups in total. The Labute approximate surface area is 311 Å². The summed E-state index contributed by atoms with van der Waals surface area (Å²) in [5.74, 6) is 0. The minimum Gasteiger partial charge on any atom is -0.310 e. The fourth-order valence-electron chi connectivity index (χ4n) is 8.31. The van der Waals surface area contributed by atoms with E-state index in [-0.39, 0.29) is 0 Å². The molecule has 9 aromatic carbocycles. The number of aromatic nitrogens is 1. The molecule has 0 radical (unpaired) electrons. The summed E-state index contributed by atoms with van der Waals surface area (Å²) in [5, 5.41) is 10.1. The largest absolute Gasteiger partial charge is 0.310 e. The van der Waals surface area contributed by atoms with Crippen LogP contribution in [-0.2, 0) is 0 Å². The van der Waals surface area contributed by atoms with Crippen LogP contribution in [0.4, 0.5) is 17.1 Å². The lowest BCUT2D eigenvalue weighted by Gasteiger charge is -2.28. The maximum absolute atomic E-state index is 2.45. The monoisotopic (exact) mass is 692 g/mol. The van der Waals surface area contributed by atoms with Gasteiger partial charge in [0, 0.05) is 53.4 Å². The first-order valence-corrected chi connectivity index (χ1v) is 18.9. The van der Waals surface area contributed by atoms with E-state index in [9.17, 15) is 0 Å². The first-order valence-electron chi connectivity index (χ1n) is 18.1. The number of thiophene rings is 1. The number of hydrogen-bond acceptors (Lipinski definition) is 2. The van der Waals surface area contributed by atoms with Crippen LogP contribution in [0.5, 0.6) is 0 Å². The topological polar surface area (TPSA) is 8.17 Å². The molecule has 2 nitrogen and oxygen atoms in total. The Morgan fingerprint density at radius 1 is 0.358 bits per heavy atom. The van der Waals surface area contributed by atoms with Gasteiger partial charge < -0.3 is 9.47 Å². The number of benzene rings is 9. The van der Waals surface area contributed by atoms with Gasteiger partial charge in [0.1, 0.15) is 0 Å². The zero-order chi connectivity index (χ0) is 34.9. The maximum Gasteiger partial charge on any atom is 0.0546 e. The van der Waals surface area contributed by atoms with E-state index in [2.05, 4.69) is 204 Å². The predicted molar refractivity (Wildman–Crippen MR) is 229 cm³/mol. The molecule has 2 aromatic heterocycles. The fraction of sp³-hybridized carbons (Fsp3) is 0. The summed E-state index contributed by atoms with van der Waals surface area (Å²) in [7, 11) is 0. The standard InChI is InChI=1S/C50H32N2S/c1-2-13-36(14-3-1)52-46-20-10-8-18-42(46)44-30-34(24-28-47(44)52)33-22-25-37(26-23-33)51(38-27-29-50-45(32-38)43-19-9-11-21-49(43)53-50)48-31-35-12-4-5-15-39(35)40-16-6-7-17-41(40)48/h1-32H. The second kappa shape index (κ2) is 11.9. The van der Waals surface area contributed by atoms with Crippen molar-refractivity contribution in [1.82, 2.24) is 4.57 Å². The lowest BCUT2D eigenvalue weighted by atomic mass is 9.98. The van der Waals surface area contributed by atoms with Crippen LogP contribution in [0.1, 0.15) is 0 Å². The lowest BCUT2D eigenvalue weighted by Crippen LogP contribution is -2.10. The van der Waals surface area contributed by atoms with Crippen molar-refractivity contribution in [3.8, 4) is 16.8 Å². The van der Waals surface area contributed by atoms with Crippen LogP contribution in [0.3, 0.4) is 0 Å². The number of anilines is 3. The summed E-state index contributed by atoms with van der Waals surface area (Å²) in [6.45, 7) is 0. The third-order valence-corrected chi connectivity index (χ3v) is 11.9. The van der Waals surface area contributed by atoms with E-state index in [4.69, 9.17) is 0 Å². The van der Waals surface area contributed by atoms with E-state index in [1.165, 1.54) is 86.0 Å². The molecule has 2 heterocycles. The third-order valence-electron chi connectivity index (χ3n) is 10.8. The Kier molecular flexibility index (Phi) is 6.76. The highest BCUT2D eigenvalue weighted by molar-refractivity contribution is 7.25. The molecule has 0 atom stereocenters. The first-order chi connectivity index (χ1) is 26.3. The molecule has 0 saturated carbocycles. The average Bonchev–Trinajstić information content (AvgIpc) is 3.77. The maximum atomic E-state index is 2.45. The Morgan fingerprint density at radius 2 is 0.981 bits per heavy atom. The van der Waals surface area contributed by atoms with Crippen LogP contribution in [0.15, 0.2) is 194 Å². The average molecular weight is 693 g/mol. The molecule has 0 spiro atoms. The van der Waals surface area contributed by atoms with Gasteiger partial charge >= 0.3 is 0 Å². The molecule has 0 amide bonds. The van der Waals surface area contributed by atoms with Gasteiger partial charge in [-0.15, -0.1) is 11.3 Å². The molecule has 53 heavy (non-hydrogen) atoms. The number of fused-ring (bicyclic) bond motifs is 9. The summed E-state index contributed by atoms with van der Waals surface area (Å²) in [6.07, 6.45) is 0. The van der Waals surface area contributed by atoms with Gasteiger partial charge in [0.2, 0.25) is 0 Å².